The molecule has 1 aromatic rings. The van der Waals surface area contributed by atoms with Crippen molar-refractivity contribution in [1.29, 1.82) is 0 Å². The minimum atomic E-state index is -1.06. The largest absolute Gasteiger partial charge is 0.466 e. The van der Waals surface area contributed by atoms with Crippen molar-refractivity contribution < 1.29 is 24.0 Å². The van der Waals surface area contributed by atoms with Crippen molar-refractivity contribution in [2.75, 3.05) is 14.2 Å². The van der Waals surface area contributed by atoms with E-state index in [1.54, 1.807) is 13.8 Å². The van der Waals surface area contributed by atoms with Gasteiger partial charge in [-0.2, -0.15) is 0 Å². The number of allylic oxidation sites excluding steroid dienone is 2. The molecule has 0 bridgehead atoms. The van der Waals surface area contributed by atoms with Crippen molar-refractivity contribution in [3.63, 3.8) is 0 Å². The van der Waals surface area contributed by atoms with E-state index in [2.05, 4.69) is 5.32 Å². The molecule has 0 spiro atoms. The lowest BCUT2D eigenvalue weighted by molar-refractivity contribution is -0.385. The molecule has 1 aliphatic rings. The number of nitrogens with one attached hydrogen (secondary N) is 1. The Kier molecular flexibility index (Phi) is 5.66. The number of hydrogen-bond donors (Lipinski definition) is 1. The summed E-state index contributed by atoms with van der Waals surface area (Å²) < 4.78 is 9.65. The zero-order valence-electron chi connectivity index (χ0n) is 14.6. The fourth-order valence-corrected chi connectivity index (χ4v) is 3.17. The van der Waals surface area contributed by atoms with Crippen LogP contribution in [0.15, 0.2) is 40.7 Å². The van der Waals surface area contributed by atoms with E-state index in [1.165, 1.54) is 32.4 Å². The standard InChI is InChI=1S/C17H17ClN2O6/c1-8-13(16(21)25-3)15(14(9(2)19-8)17(22)26-4)11-7-10(18)5-6-12(11)20(23)24/h5-7,15,19H,1-4H3. The van der Waals surface area contributed by atoms with Crippen molar-refractivity contribution in [2.45, 2.75) is 19.8 Å². The number of nitrogens with zero attached hydrogens (tertiary/aromatic N) is 1. The van der Waals surface area contributed by atoms with Gasteiger partial charge in [-0.1, -0.05) is 11.6 Å². The highest BCUT2D eigenvalue weighted by Gasteiger charge is 2.40. The second-order valence-corrected chi connectivity index (χ2v) is 6.02. The number of carbonyl (C=O) groups is 2. The number of nitro benzene ring substituents is 1. The molecule has 1 aromatic carbocycles. The van der Waals surface area contributed by atoms with E-state index in [4.69, 9.17) is 21.1 Å². The molecule has 0 fully saturated rings. The first-order valence-electron chi connectivity index (χ1n) is 7.51. The minimum absolute atomic E-state index is 0.0730. The number of halogens is 1. The van der Waals surface area contributed by atoms with Crippen molar-refractivity contribution in [1.82, 2.24) is 5.32 Å². The van der Waals surface area contributed by atoms with Crippen molar-refractivity contribution in [3.05, 3.63) is 61.4 Å². The molecule has 0 aliphatic carbocycles. The lowest BCUT2D eigenvalue weighted by Gasteiger charge is -2.29. The topological polar surface area (TPSA) is 108 Å². The van der Waals surface area contributed by atoms with Crippen LogP contribution in [0.5, 0.6) is 0 Å². The van der Waals surface area contributed by atoms with Gasteiger partial charge in [-0.25, -0.2) is 9.59 Å². The Balaban J connectivity index is 2.86. The van der Waals surface area contributed by atoms with Crippen molar-refractivity contribution in [2.24, 2.45) is 0 Å². The third kappa shape index (κ3) is 3.41. The molecule has 0 atom stereocenters. The van der Waals surface area contributed by atoms with E-state index >= 15 is 0 Å². The first-order valence-corrected chi connectivity index (χ1v) is 7.89. The number of dihydropyridines is 1. The van der Waals surface area contributed by atoms with Crippen molar-refractivity contribution in [3.8, 4) is 0 Å². The molecule has 2 rings (SSSR count). The number of carbonyl (C=O) groups excluding carboxylic acids is 2. The van der Waals surface area contributed by atoms with Gasteiger partial charge in [0, 0.05) is 28.0 Å². The van der Waals surface area contributed by atoms with Gasteiger partial charge in [0.05, 0.1) is 36.2 Å². The van der Waals surface area contributed by atoms with Crippen LogP contribution >= 0.6 is 11.6 Å². The second-order valence-electron chi connectivity index (χ2n) is 5.58. The summed E-state index contributed by atoms with van der Waals surface area (Å²) in [7, 11) is 2.38. The minimum Gasteiger partial charge on any atom is -0.466 e. The highest BCUT2D eigenvalue weighted by molar-refractivity contribution is 6.30. The Morgan fingerprint density at radius 3 is 2.04 bits per heavy atom. The predicted molar refractivity (Wildman–Crippen MR) is 93.4 cm³/mol. The average Bonchev–Trinajstić information content (AvgIpc) is 2.59. The molecule has 26 heavy (non-hydrogen) atoms. The molecule has 0 radical (unpaired) electrons. The molecule has 1 heterocycles. The fraction of sp³-hybridized carbons (Fsp3) is 0.294. The van der Waals surface area contributed by atoms with Crippen LogP contribution in [-0.2, 0) is 19.1 Å². The summed E-state index contributed by atoms with van der Waals surface area (Å²) in [6, 6.07) is 3.96. The lowest BCUT2D eigenvalue weighted by Crippen LogP contribution is -2.32. The third-order valence-electron chi connectivity index (χ3n) is 4.07. The molecule has 0 aromatic heterocycles. The second kappa shape index (κ2) is 7.57. The zero-order chi connectivity index (χ0) is 19.6. The van der Waals surface area contributed by atoms with E-state index < -0.39 is 22.8 Å². The monoisotopic (exact) mass is 380 g/mol. The summed E-state index contributed by atoms with van der Waals surface area (Å²) >= 11 is 6.03. The van der Waals surface area contributed by atoms with Crippen LogP contribution in [0.25, 0.3) is 0 Å². The summed E-state index contributed by atoms with van der Waals surface area (Å²) in [4.78, 5) is 35.7. The highest BCUT2D eigenvalue weighted by atomic mass is 35.5. The Morgan fingerprint density at radius 2 is 1.62 bits per heavy atom. The Morgan fingerprint density at radius 1 is 1.12 bits per heavy atom. The summed E-state index contributed by atoms with van der Waals surface area (Å²) in [5.41, 5.74) is 0.809. The Labute approximate surface area is 154 Å². The van der Waals surface area contributed by atoms with Gasteiger partial charge in [0.15, 0.2) is 0 Å². The lowest BCUT2D eigenvalue weighted by atomic mass is 9.79. The number of rotatable bonds is 4. The summed E-state index contributed by atoms with van der Waals surface area (Å²) in [5, 5.41) is 14.7. The van der Waals surface area contributed by atoms with E-state index in [-0.39, 0.29) is 27.4 Å². The van der Waals surface area contributed by atoms with Crippen LogP contribution in [0.3, 0.4) is 0 Å². The normalized spacial score (nSPS) is 14.8. The number of benzene rings is 1. The van der Waals surface area contributed by atoms with Gasteiger partial charge in [-0.15, -0.1) is 0 Å². The zero-order valence-corrected chi connectivity index (χ0v) is 15.3. The van der Waals surface area contributed by atoms with E-state index in [0.717, 1.165) is 0 Å². The van der Waals surface area contributed by atoms with E-state index in [9.17, 15) is 19.7 Å². The Hall–Kier alpha value is -2.87. The van der Waals surface area contributed by atoms with Crippen molar-refractivity contribution >= 4 is 29.2 Å². The maximum atomic E-state index is 12.4. The van der Waals surface area contributed by atoms with Gasteiger partial charge < -0.3 is 14.8 Å². The first kappa shape index (κ1) is 19.5. The fourth-order valence-electron chi connectivity index (χ4n) is 2.99. The number of methoxy groups -OCH3 is 2. The number of hydrogen-bond acceptors (Lipinski definition) is 7. The summed E-state index contributed by atoms with van der Waals surface area (Å²) in [6.45, 7) is 3.24. The maximum Gasteiger partial charge on any atom is 0.336 e. The average molecular weight is 381 g/mol. The number of esters is 2. The SMILES string of the molecule is COC(=O)C1=C(C)NC(C)=C(C(=O)OC)C1c1cc(Cl)ccc1[N+](=O)[O-]. The van der Waals surface area contributed by atoms with Gasteiger partial charge in [-0.05, 0) is 26.0 Å². The number of nitro groups is 1. The molecule has 0 saturated carbocycles. The molecule has 8 nitrogen and oxygen atoms in total. The summed E-state index contributed by atoms with van der Waals surface area (Å²) in [5.74, 6) is -2.50. The van der Waals surface area contributed by atoms with Gasteiger partial charge in [0.25, 0.3) is 5.69 Å². The quantitative estimate of drug-likeness (QED) is 0.486. The first-order chi connectivity index (χ1) is 12.2. The molecule has 1 N–H and O–H groups in total. The van der Waals surface area contributed by atoms with Crippen LogP contribution in [0.4, 0.5) is 5.69 Å². The molecule has 0 unspecified atom stereocenters. The Bertz CT molecular complexity index is 821. The molecule has 0 amide bonds. The molecule has 138 valence electrons. The predicted octanol–water partition coefficient (Wildman–Crippen LogP) is 2.83. The van der Waals surface area contributed by atoms with Gasteiger partial charge in [-0.3, -0.25) is 10.1 Å². The maximum absolute atomic E-state index is 12.4. The third-order valence-corrected chi connectivity index (χ3v) is 4.30. The summed E-state index contributed by atoms with van der Waals surface area (Å²) in [6.07, 6.45) is 0. The smallest absolute Gasteiger partial charge is 0.336 e. The van der Waals surface area contributed by atoms with Crippen LogP contribution in [-0.4, -0.2) is 31.1 Å². The molecule has 0 saturated heterocycles. The van der Waals surface area contributed by atoms with Crippen LogP contribution < -0.4 is 5.32 Å². The van der Waals surface area contributed by atoms with Gasteiger partial charge >= 0.3 is 11.9 Å². The van der Waals surface area contributed by atoms with Gasteiger partial charge in [0.1, 0.15) is 0 Å². The van der Waals surface area contributed by atoms with Crippen LogP contribution in [0.2, 0.25) is 5.02 Å². The van der Waals surface area contributed by atoms with E-state index in [1.807, 2.05) is 0 Å². The van der Waals surface area contributed by atoms with E-state index in [0.29, 0.717) is 11.4 Å². The van der Waals surface area contributed by atoms with Gasteiger partial charge in [0.2, 0.25) is 0 Å². The molecule has 1 aliphatic heterocycles. The number of ether oxygens (including phenoxy) is 2. The highest BCUT2D eigenvalue weighted by Crippen LogP contribution is 2.43. The van der Waals surface area contributed by atoms with Crippen LogP contribution in [0.1, 0.15) is 25.3 Å². The molecular weight excluding hydrogens is 364 g/mol. The molecule has 9 heteroatoms. The molecular formula is C17H17ClN2O6. The van der Waals surface area contributed by atoms with Crippen LogP contribution in [0, 0.1) is 10.1 Å².